The van der Waals surface area contributed by atoms with Gasteiger partial charge in [0.25, 0.3) is 5.91 Å². The molecular weight excluding hydrogens is 460 g/mol. The summed E-state index contributed by atoms with van der Waals surface area (Å²) < 4.78 is 5.53. The second-order valence-electron chi connectivity index (χ2n) is 9.10. The maximum Gasteiger partial charge on any atom is 0.265 e. The van der Waals surface area contributed by atoms with E-state index in [9.17, 15) is 9.59 Å². The van der Waals surface area contributed by atoms with Gasteiger partial charge in [0.2, 0.25) is 5.91 Å². The fraction of sp³-hybridized carbons (Fsp3) is 0.407. The zero-order valence-electron chi connectivity index (χ0n) is 20.7. The highest BCUT2D eigenvalue weighted by atomic mass is 32.1. The SMILES string of the molecule is CCC(=O)N(Cc1ccco1)Cc1cc(NC(=O)c2cccs2)ccc1N(C)C1CCN(C)CC1. The average molecular weight is 495 g/mol. The Morgan fingerprint density at radius 1 is 1.14 bits per heavy atom. The van der Waals surface area contributed by atoms with Gasteiger partial charge in [0.15, 0.2) is 0 Å². The summed E-state index contributed by atoms with van der Waals surface area (Å²) in [7, 11) is 4.30. The van der Waals surface area contributed by atoms with E-state index in [-0.39, 0.29) is 11.8 Å². The highest BCUT2D eigenvalue weighted by molar-refractivity contribution is 7.12. The largest absolute Gasteiger partial charge is 0.467 e. The summed E-state index contributed by atoms with van der Waals surface area (Å²) in [5, 5.41) is 4.91. The number of nitrogens with one attached hydrogen (secondary N) is 1. The number of carbonyl (C=O) groups excluding carboxylic acids is 2. The molecule has 0 unspecified atom stereocenters. The Balaban J connectivity index is 1.62. The molecular formula is C27H34N4O3S. The predicted octanol–water partition coefficient (Wildman–Crippen LogP) is 5.06. The zero-order chi connectivity index (χ0) is 24.8. The van der Waals surface area contributed by atoms with Crippen molar-refractivity contribution >= 4 is 34.5 Å². The minimum atomic E-state index is -0.126. The normalized spacial score (nSPS) is 14.6. The summed E-state index contributed by atoms with van der Waals surface area (Å²) in [4.78, 5) is 32.7. The van der Waals surface area contributed by atoms with E-state index in [1.807, 2.05) is 53.6 Å². The molecule has 1 saturated heterocycles. The molecule has 1 N–H and O–H groups in total. The fourth-order valence-corrected chi connectivity index (χ4v) is 5.18. The molecule has 1 aromatic carbocycles. The Labute approximate surface area is 211 Å². The summed E-state index contributed by atoms with van der Waals surface area (Å²) in [6.07, 6.45) is 4.22. The first kappa shape index (κ1) is 25.0. The molecule has 3 aromatic rings. The third-order valence-electron chi connectivity index (χ3n) is 6.64. The number of furan rings is 1. The number of thiophene rings is 1. The van der Waals surface area contributed by atoms with Gasteiger partial charge in [-0.25, -0.2) is 0 Å². The number of anilines is 2. The minimum Gasteiger partial charge on any atom is -0.467 e. The van der Waals surface area contributed by atoms with Crippen LogP contribution in [0.2, 0.25) is 0 Å². The number of carbonyl (C=O) groups is 2. The van der Waals surface area contributed by atoms with Gasteiger partial charge < -0.3 is 24.4 Å². The van der Waals surface area contributed by atoms with Gasteiger partial charge in [0, 0.05) is 37.4 Å². The third-order valence-corrected chi connectivity index (χ3v) is 7.51. The first-order valence-electron chi connectivity index (χ1n) is 12.1. The molecule has 186 valence electrons. The summed E-state index contributed by atoms with van der Waals surface area (Å²) in [6.45, 7) is 4.85. The molecule has 0 radical (unpaired) electrons. The predicted molar refractivity (Wildman–Crippen MR) is 141 cm³/mol. The van der Waals surface area contributed by atoms with Gasteiger partial charge in [-0.15, -0.1) is 11.3 Å². The van der Waals surface area contributed by atoms with Crippen LogP contribution in [-0.2, 0) is 17.9 Å². The first-order chi connectivity index (χ1) is 16.9. The maximum atomic E-state index is 12.9. The zero-order valence-corrected chi connectivity index (χ0v) is 21.5. The standard InChI is InChI=1S/C27H34N4O3S/c1-4-26(32)31(19-23-7-5-15-34-23)18-20-17-21(28-27(33)25-8-6-16-35-25)9-10-24(20)30(3)22-11-13-29(2)14-12-22/h5-10,15-17,22H,4,11-14,18-19H2,1-3H3,(H,28,33). The lowest BCUT2D eigenvalue weighted by molar-refractivity contribution is -0.132. The number of benzene rings is 1. The molecule has 1 aliphatic rings. The van der Waals surface area contributed by atoms with Crippen LogP contribution in [0.3, 0.4) is 0 Å². The Morgan fingerprint density at radius 2 is 1.94 bits per heavy atom. The van der Waals surface area contributed by atoms with Gasteiger partial charge in [-0.05, 0) is 80.3 Å². The van der Waals surface area contributed by atoms with Crippen molar-refractivity contribution in [2.45, 2.75) is 45.3 Å². The fourth-order valence-electron chi connectivity index (χ4n) is 4.57. The summed E-state index contributed by atoms with van der Waals surface area (Å²) in [5.41, 5.74) is 2.81. The molecule has 2 amide bonds. The molecule has 8 heteroatoms. The van der Waals surface area contributed by atoms with Crippen LogP contribution in [0.4, 0.5) is 11.4 Å². The molecule has 1 aliphatic heterocycles. The van der Waals surface area contributed by atoms with Gasteiger partial charge in [0.05, 0.1) is 17.7 Å². The molecule has 0 bridgehead atoms. The number of rotatable bonds is 9. The summed E-state index contributed by atoms with van der Waals surface area (Å²) in [6, 6.07) is 13.9. The van der Waals surface area contributed by atoms with E-state index in [1.165, 1.54) is 11.3 Å². The highest BCUT2D eigenvalue weighted by Crippen LogP contribution is 2.30. The van der Waals surface area contributed by atoms with Crippen LogP contribution >= 0.6 is 11.3 Å². The van der Waals surface area contributed by atoms with Gasteiger partial charge in [-0.1, -0.05) is 13.0 Å². The van der Waals surface area contributed by atoms with E-state index in [0.717, 1.165) is 48.6 Å². The second kappa shape index (κ2) is 11.6. The molecule has 1 fully saturated rings. The van der Waals surface area contributed by atoms with Gasteiger partial charge in [-0.3, -0.25) is 9.59 Å². The number of nitrogens with zero attached hydrogens (tertiary/aromatic N) is 3. The summed E-state index contributed by atoms with van der Waals surface area (Å²) >= 11 is 1.41. The van der Waals surface area contributed by atoms with Crippen molar-refractivity contribution in [2.24, 2.45) is 0 Å². The van der Waals surface area contributed by atoms with E-state index in [4.69, 9.17) is 4.42 Å². The first-order valence-corrected chi connectivity index (χ1v) is 13.0. The monoisotopic (exact) mass is 494 g/mol. The van der Waals surface area contributed by atoms with Gasteiger partial charge in [-0.2, -0.15) is 0 Å². The molecule has 0 aliphatic carbocycles. The summed E-state index contributed by atoms with van der Waals surface area (Å²) in [5.74, 6) is 0.681. The Morgan fingerprint density at radius 3 is 2.60 bits per heavy atom. The Bertz CT molecular complexity index is 1110. The van der Waals surface area contributed by atoms with E-state index in [2.05, 4.69) is 35.3 Å². The lowest BCUT2D eigenvalue weighted by Crippen LogP contribution is -2.42. The minimum absolute atomic E-state index is 0.0577. The van der Waals surface area contributed by atoms with E-state index >= 15 is 0 Å². The quantitative estimate of drug-likeness (QED) is 0.450. The number of hydrogen-bond acceptors (Lipinski definition) is 6. The number of likely N-dealkylation sites (tertiary alicyclic amines) is 1. The number of piperidine rings is 1. The van der Waals surface area contributed by atoms with Gasteiger partial charge >= 0.3 is 0 Å². The molecule has 0 atom stereocenters. The van der Waals surface area contributed by atoms with Crippen LogP contribution in [0.15, 0.2) is 58.5 Å². The van der Waals surface area contributed by atoms with Crippen molar-refractivity contribution in [3.05, 3.63) is 70.3 Å². The lowest BCUT2D eigenvalue weighted by atomic mass is 10.0. The van der Waals surface area contributed by atoms with Crippen LogP contribution in [0, 0.1) is 0 Å². The third kappa shape index (κ3) is 6.32. The lowest BCUT2D eigenvalue weighted by Gasteiger charge is -2.37. The van der Waals surface area contributed by atoms with E-state index in [0.29, 0.717) is 30.4 Å². The Hall–Kier alpha value is -3.10. The molecule has 35 heavy (non-hydrogen) atoms. The van der Waals surface area contributed by atoms with Crippen LogP contribution in [0.5, 0.6) is 0 Å². The molecule has 7 nitrogen and oxygen atoms in total. The van der Waals surface area contributed by atoms with Crippen molar-refractivity contribution in [2.75, 3.05) is 37.4 Å². The molecule has 3 heterocycles. The smallest absolute Gasteiger partial charge is 0.265 e. The number of amides is 2. The molecule has 2 aromatic heterocycles. The number of hydrogen-bond donors (Lipinski definition) is 1. The molecule has 4 rings (SSSR count). The van der Waals surface area contributed by atoms with Gasteiger partial charge in [0.1, 0.15) is 5.76 Å². The van der Waals surface area contributed by atoms with Crippen molar-refractivity contribution in [1.29, 1.82) is 0 Å². The topological polar surface area (TPSA) is 69.0 Å². The Kier molecular flexibility index (Phi) is 8.25. The van der Waals surface area contributed by atoms with Crippen molar-refractivity contribution in [1.82, 2.24) is 9.80 Å². The highest BCUT2D eigenvalue weighted by Gasteiger charge is 2.24. The van der Waals surface area contributed by atoms with Crippen LogP contribution in [-0.4, -0.2) is 54.8 Å². The average Bonchev–Trinajstić information content (AvgIpc) is 3.58. The van der Waals surface area contributed by atoms with E-state index in [1.54, 1.807) is 6.26 Å². The van der Waals surface area contributed by atoms with Crippen LogP contribution in [0.25, 0.3) is 0 Å². The van der Waals surface area contributed by atoms with Crippen LogP contribution < -0.4 is 10.2 Å². The molecule has 0 spiro atoms. The molecule has 0 saturated carbocycles. The van der Waals surface area contributed by atoms with Crippen molar-refractivity contribution in [3.63, 3.8) is 0 Å². The maximum absolute atomic E-state index is 12.9. The van der Waals surface area contributed by atoms with Crippen molar-refractivity contribution in [3.8, 4) is 0 Å². The van der Waals surface area contributed by atoms with E-state index < -0.39 is 0 Å². The van der Waals surface area contributed by atoms with Crippen LogP contribution in [0.1, 0.15) is 47.2 Å². The second-order valence-corrected chi connectivity index (χ2v) is 10.1. The van der Waals surface area contributed by atoms with Crippen molar-refractivity contribution < 1.29 is 14.0 Å².